The molecular formula is C15H13BrF3NO. The topological polar surface area (TPSA) is 21.3 Å². The molecule has 0 radical (unpaired) electrons. The molecule has 6 heteroatoms. The molecule has 1 unspecified atom stereocenters. The lowest BCUT2D eigenvalue weighted by atomic mass is 9.97. The predicted octanol–water partition coefficient (Wildman–Crippen LogP) is 4.18. The molecule has 0 aromatic heterocycles. The summed E-state index contributed by atoms with van der Waals surface area (Å²) in [4.78, 5) is 0. The zero-order valence-electron chi connectivity index (χ0n) is 11.4. The van der Waals surface area contributed by atoms with Gasteiger partial charge in [0.25, 0.3) is 0 Å². The number of hydrogen-bond donors (Lipinski definition) is 1. The zero-order valence-corrected chi connectivity index (χ0v) is 13.0. The van der Waals surface area contributed by atoms with Gasteiger partial charge in [-0.1, -0.05) is 22.0 Å². The summed E-state index contributed by atoms with van der Waals surface area (Å²) in [5.74, 6) is -2.08. The minimum absolute atomic E-state index is 0.0693. The van der Waals surface area contributed by atoms with E-state index in [4.69, 9.17) is 4.74 Å². The average molecular weight is 360 g/mol. The molecule has 2 aromatic carbocycles. The normalized spacial score (nSPS) is 12.3. The second kappa shape index (κ2) is 6.49. The Hall–Kier alpha value is -1.53. The third-order valence-corrected chi connectivity index (χ3v) is 3.63. The van der Waals surface area contributed by atoms with Gasteiger partial charge in [-0.25, -0.2) is 13.2 Å². The third-order valence-electron chi connectivity index (χ3n) is 3.14. The minimum Gasteiger partial charge on any atom is -0.497 e. The van der Waals surface area contributed by atoms with E-state index >= 15 is 0 Å². The van der Waals surface area contributed by atoms with Gasteiger partial charge in [0.2, 0.25) is 0 Å². The number of ether oxygens (including phenoxy) is 1. The van der Waals surface area contributed by atoms with Gasteiger partial charge in [0.1, 0.15) is 23.2 Å². The molecule has 0 amide bonds. The summed E-state index contributed by atoms with van der Waals surface area (Å²) in [5.41, 5.74) is -0.0943. The van der Waals surface area contributed by atoms with Gasteiger partial charge in [0, 0.05) is 27.7 Å². The van der Waals surface area contributed by atoms with E-state index in [0.717, 1.165) is 12.1 Å². The first-order valence-electron chi connectivity index (χ1n) is 6.13. The van der Waals surface area contributed by atoms with Crippen LogP contribution in [0, 0.1) is 17.5 Å². The Balaban J connectivity index is 2.56. The fourth-order valence-electron chi connectivity index (χ4n) is 2.15. The van der Waals surface area contributed by atoms with Crippen LogP contribution in [-0.4, -0.2) is 14.2 Å². The summed E-state index contributed by atoms with van der Waals surface area (Å²) < 4.78 is 47.7. The van der Waals surface area contributed by atoms with Gasteiger partial charge in [0.05, 0.1) is 13.2 Å². The van der Waals surface area contributed by atoms with Crippen LogP contribution in [0.25, 0.3) is 0 Å². The van der Waals surface area contributed by atoms with Crippen molar-refractivity contribution < 1.29 is 17.9 Å². The molecule has 0 bridgehead atoms. The van der Waals surface area contributed by atoms with Gasteiger partial charge >= 0.3 is 0 Å². The number of methoxy groups -OCH3 is 1. The largest absolute Gasteiger partial charge is 0.497 e. The SMILES string of the molecule is CNC(c1ccc(Br)cc1F)c1c(F)cc(OC)cc1F. The van der Waals surface area contributed by atoms with Crippen LogP contribution in [0.2, 0.25) is 0 Å². The lowest BCUT2D eigenvalue weighted by Gasteiger charge is -2.20. The van der Waals surface area contributed by atoms with Crippen LogP contribution in [-0.2, 0) is 0 Å². The van der Waals surface area contributed by atoms with Crippen LogP contribution in [0.15, 0.2) is 34.8 Å². The summed E-state index contributed by atoms with van der Waals surface area (Å²) in [6.45, 7) is 0. The summed E-state index contributed by atoms with van der Waals surface area (Å²) in [5, 5.41) is 2.74. The van der Waals surface area contributed by atoms with Crippen molar-refractivity contribution in [3.05, 3.63) is 63.4 Å². The van der Waals surface area contributed by atoms with Crippen molar-refractivity contribution in [2.45, 2.75) is 6.04 Å². The van der Waals surface area contributed by atoms with Crippen LogP contribution in [0.3, 0.4) is 0 Å². The van der Waals surface area contributed by atoms with Gasteiger partial charge in [-0.2, -0.15) is 0 Å². The molecule has 0 aliphatic rings. The summed E-state index contributed by atoms with van der Waals surface area (Å²) in [6.07, 6.45) is 0. The second-order valence-corrected chi connectivity index (χ2v) is 5.31. The van der Waals surface area contributed by atoms with Crippen LogP contribution in [0.1, 0.15) is 17.2 Å². The maximum atomic E-state index is 14.1. The van der Waals surface area contributed by atoms with E-state index in [1.165, 1.54) is 26.3 Å². The Labute approximate surface area is 129 Å². The molecule has 0 heterocycles. The second-order valence-electron chi connectivity index (χ2n) is 4.39. The highest BCUT2D eigenvalue weighted by molar-refractivity contribution is 9.10. The molecule has 0 fully saturated rings. The zero-order chi connectivity index (χ0) is 15.6. The van der Waals surface area contributed by atoms with E-state index in [2.05, 4.69) is 21.2 Å². The molecule has 2 aromatic rings. The molecule has 1 atom stereocenters. The van der Waals surface area contributed by atoms with E-state index in [0.29, 0.717) is 4.47 Å². The molecule has 2 nitrogen and oxygen atoms in total. The summed E-state index contributed by atoms with van der Waals surface area (Å²) >= 11 is 3.15. The van der Waals surface area contributed by atoms with E-state index in [-0.39, 0.29) is 16.9 Å². The highest BCUT2D eigenvalue weighted by Crippen LogP contribution is 2.31. The average Bonchev–Trinajstić information content (AvgIpc) is 2.43. The Morgan fingerprint density at radius 2 is 1.67 bits per heavy atom. The Morgan fingerprint density at radius 3 is 2.14 bits per heavy atom. The number of rotatable bonds is 4. The number of benzene rings is 2. The predicted molar refractivity (Wildman–Crippen MR) is 77.9 cm³/mol. The monoisotopic (exact) mass is 359 g/mol. The number of halogens is 4. The van der Waals surface area contributed by atoms with Gasteiger partial charge in [0.15, 0.2) is 0 Å². The minimum atomic E-state index is -0.941. The van der Waals surface area contributed by atoms with Gasteiger partial charge in [-0.3, -0.25) is 0 Å². The molecule has 21 heavy (non-hydrogen) atoms. The molecule has 1 N–H and O–H groups in total. The number of hydrogen-bond acceptors (Lipinski definition) is 2. The highest BCUT2D eigenvalue weighted by atomic mass is 79.9. The molecule has 0 aliphatic heterocycles. The van der Waals surface area contributed by atoms with E-state index in [1.54, 1.807) is 6.07 Å². The molecule has 112 valence electrons. The Kier molecular flexibility index (Phi) is 4.90. The molecule has 2 rings (SSSR count). The Bertz CT molecular complexity index is 640. The van der Waals surface area contributed by atoms with E-state index in [1.807, 2.05) is 0 Å². The van der Waals surface area contributed by atoms with Crippen molar-refractivity contribution in [1.29, 1.82) is 0 Å². The Morgan fingerprint density at radius 1 is 1.05 bits per heavy atom. The van der Waals surface area contributed by atoms with Gasteiger partial charge < -0.3 is 10.1 Å². The molecule has 0 aliphatic carbocycles. The lowest BCUT2D eigenvalue weighted by Crippen LogP contribution is -2.21. The van der Waals surface area contributed by atoms with E-state index in [9.17, 15) is 13.2 Å². The first-order chi connectivity index (χ1) is 9.97. The van der Waals surface area contributed by atoms with Gasteiger partial charge in [-0.05, 0) is 19.2 Å². The van der Waals surface area contributed by atoms with Crippen molar-refractivity contribution in [3.8, 4) is 5.75 Å². The molecule has 0 saturated carbocycles. The first kappa shape index (κ1) is 15.9. The van der Waals surface area contributed by atoms with Gasteiger partial charge in [-0.15, -0.1) is 0 Å². The maximum absolute atomic E-state index is 14.1. The standard InChI is InChI=1S/C15H13BrF3NO/c1-20-15(10-4-3-8(16)5-11(10)17)14-12(18)6-9(21-2)7-13(14)19/h3-7,15,20H,1-2H3. The van der Waals surface area contributed by atoms with Crippen LogP contribution in [0.5, 0.6) is 5.75 Å². The number of nitrogens with one attached hydrogen (secondary N) is 1. The molecular weight excluding hydrogens is 347 g/mol. The van der Waals surface area contributed by atoms with Crippen LogP contribution < -0.4 is 10.1 Å². The smallest absolute Gasteiger partial charge is 0.134 e. The van der Waals surface area contributed by atoms with E-state index < -0.39 is 23.5 Å². The molecule has 0 saturated heterocycles. The first-order valence-corrected chi connectivity index (χ1v) is 6.92. The fraction of sp³-hybridized carbons (Fsp3) is 0.200. The highest BCUT2D eigenvalue weighted by Gasteiger charge is 2.24. The van der Waals surface area contributed by atoms with Crippen LogP contribution in [0.4, 0.5) is 13.2 Å². The quantitative estimate of drug-likeness (QED) is 0.883. The van der Waals surface area contributed by atoms with Crippen molar-refractivity contribution in [1.82, 2.24) is 5.32 Å². The fourth-order valence-corrected chi connectivity index (χ4v) is 2.48. The van der Waals surface area contributed by atoms with Crippen molar-refractivity contribution >= 4 is 15.9 Å². The lowest BCUT2D eigenvalue weighted by molar-refractivity contribution is 0.403. The maximum Gasteiger partial charge on any atom is 0.134 e. The van der Waals surface area contributed by atoms with Crippen molar-refractivity contribution in [2.75, 3.05) is 14.2 Å². The summed E-state index contributed by atoms with van der Waals surface area (Å²) in [7, 11) is 2.83. The third kappa shape index (κ3) is 3.22. The van der Waals surface area contributed by atoms with Crippen molar-refractivity contribution in [2.24, 2.45) is 0 Å². The summed E-state index contributed by atoms with van der Waals surface area (Å²) in [6, 6.07) is 5.54. The van der Waals surface area contributed by atoms with Crippen molar-refractivity contribution in [3.63, 3.8) is 0 Å². The molecule has 0 spiro atoms. The van der Waals surface area contributed by atoms with Crippen LogP contribution >= 0.6 is 15.9 Å².